The van der Waals surface area contributed by atoms with Gasteiger partial charge in [-0.2, -0.15) is 0 Å². The van der Waals surface area contributed by atoms with Crippen molar-refractivity contribution < 1.29 is 8.78 Å². The molecule has 1 rings (SSSR count). The molecule has 0 nitrogen and oxygen atoms in total. The highest BCUT2D eigenvalue weighted by Gasteiger charge is 2.45. The third-order valence-corrected chi connectivity index (χ3v) is 4.25. The summed E-state index contributed by atoms with van der Waals surface area (Å²) in [6.07, 6.45) is 0. The van der Waals surface area contributed by atoms with Crippen molar-refractivity contribution >= 4 is 8.07 Å². The van der Waals surface area contributed by atoms with Crippen LogP contribution in [0.5, 0.6) is 0 Å². The smallest absolute Gasteiger partial charge is 0.207 e. The van der Waals surface area contributed by atoms with Crippen LogP contribution in [0.3, 0.4) is 0 Å². The van der Waals surface area contributed by atoms with Crippen LogP contribution in [-0.2, 0) is 5.55 Å². The summed E-state index contributed by atoms with van der Waals surface area (Å²) in [5.41, 5.74) is -2.48. The first-order chi connectivity index (χ1) is 5.86. The van der Waals surface area contributed by atoms with E-state index >= 15 is 0 Å². The zero-order valence-electron chi connectivity index (χ0n) is 8.14. The molecule has 72 valence electrons. The number of hydrogen-bond donors (Lipinski definition) is 0. The molecule has 0 saturated carbocycles. The summed E-state index contributed by atoms with van der Waals surface area (Å²) in [4.78, 5) is 0. The molecule has 0 aliphatic rings. The van der Waals surface area contributed by atoms with E-state index in [1.165, 1.54) is 12.1 Å². The Kier molecular flexibility index (Phi) is 2.57. The third kappa shape index (κ3) is 1.96. The molecule has 0 atom stereocenters. The van der Waals surface area contributed by atoms with Gasteiger partial charge >= 0.3 is 0 Å². The molecule has 3 heteroatoms. The largest absolute Gasteiger partial charge is 0.253 e. The van der Waals surface area contributed by atoms with Crippen LogP contribution >= 0.6 is 0 Å². The Morgan fingerprint density at radius 2 is 1.46 bits per heavy atom. The quantitative estimate of drug-likeness (QED) is 0.639. The van der Waals surface area contributed by atoms with Gasteiger partial charge in [-0.15, -0.1) is 0 Å². The van der Waals surface area contributed by atoms with Gasteiger partial charge in [0.15, 0.2) is 0 Å². The summed E-state index contributed by atoms with van der Waals surface area (Å²) >= 11 is 0. The van der Waals surface area contributed by atoms with Crippen LogP contribution in [0.15, 0.2) is 30.3 Å². The van der Waals surface area contributed by atoms with Crippen LogP contribution < -0.4 is 0 Å². The molecule has 0 aromatic heterocycles. The van der Waals surface area contributed by atoms with Gasteiger partial charge in [0.2, 0.25) is 0 Å². The van der Waals surface area contributed by atoms with Crippen LogP contribution in [0, 0.1) is 0 Å². The Morgan fingerprint density at radius 1 is 1.00 bits per heavy atom. The molecular formula is C10H14F2Si. The lowest BCUT2D eigenvalue weighted by Crippen LogP contribution is -2.42. The molecule has 0 bridgehead atoms. The molecule has 0 spiro atoms. The molecule has 1 aromatic carbocycles. The topological polar surface area (TPSA) is 0 Å². The molecule has 13 heavy (non-hydrogen) atoms. The third-order valence-electron chi connectivity index (χ3n) is 2.08. The zero-order chi connectivity index (χ0) is 10.1. The van der Waals surface area contributed by atoms with Gasteiger partial charge in [-0.05, 0) is 0 Å². The maximum atomic E-state index is 13.7. The van der Waals surface area contributed by atoms with Crippen LogP contribution in [0.2, 0.25) is 19.6 Å². The molecule has 0 aliphatic carbocycles. The number of alkyl halides is 2. The van der Waals surface area contributed by atoms with Crippen LogP contribution in [0.25, 0.3) is 0 Å². The second kappa shape index (κ2) is 3.22. The minimum Gasteiger partial charge on any atom is -0.207 e. The van der Waals surface area contributed by atoms with Gasteiger partial charge in [-0.3, -0.25) is 0 Å². The average molecular weight is 200 g/mol. The monoisotopic (exact) mass is 200 g/mol. The van der Waals surface area contributed by atoms with Crippen molar-refractivity contribution in [1.82, 2.24) is 0 Å². The van der Waals surface area contributed by atoms with E-state index in [2.05, 4.69) is 0 Å². The van der Waals surface area contributed by atoms with Gasteiger partial charge in [0.1, 0.15) is 8.07 Å². The van der Waals surface area contributed by atoms with Gasteiger partial charge < -0.3 is 0 Å². The predicted octanol–water partition coefficient (Wildman–Crippen LogP) is 3.66. The van der Waals surface area contributed by atoms with Gasteiger partial charge in [0.25, 0.3) is 5.55 Å². The molecule has 0 saturated heterocycles. The second-order valence-corrected chi connectivity index (χ2v) is 9.32. The highest BCUT2D eigenvalue weighted by Crippen LogP contribution is 2.37. The summed E-state index contributed by atoms with van der Waals surface area (Å²) in [6.45, 7) is 5.04. The fourth-order valence-electron chi connectivity index (χ4n) is 1.08. The summed E-state index contributed by atoms with van der Waals surface area (Å²) in [6, 6.07) is 8.06. The van der Waals surface area contributed by atoms with Crippen LogP contribution in [-0.4, -0.2) is 8.07 Å². The first-order valence-electron chi connectivity index (χ1n) is 4.29. The standard InChI is InChI=1S/C10H14F2Si/c1-13(2,3)10(11,12)9-7-5-4-6-8-9/h4-8H,1-3H3. The molecule has 0 aliphatic heterocycles. The minimum atomic E-state index is -2.63. The number of hydrogen-bond acceptors (Lipinski definition) is 0. The lowest BCUT2D eigenvalue weighted by atomic mass is 10.2. The second-order valence-electron chi connectivity index (χ2n) is 4.19. The molecule has 0 amide bonds. The maximum Gasteiger partial charge on any atom is 0.253 e. The zero-order valence-corrected chi connectivity index (χ0v) is 9.14. The molecule has 0 N–H and O–H groups in total. The Hall–Kier alpha value is -0.703. The lowest BCUT2D eigenvalue weighted by Gasteiger charge is -2.28. The van der Waals surface area contributed by atoms with Gasteiger partial charge in [0, 0.05) is 5.56 Å². The van der Waals surface area contributed by atoms with Crippen molar-refractivity contribution in [3.8, 4) is 0 Å². The van der Waals surface area contributed by atoms with Crippen molar-refractivity contribution in [2.75, 3.05) is 0 Å². The molecule has 0 fully saturated rings. The maximum absolute atomic E-state index is 13.7. The first-order valence-corrected chi connectivity index (χ1v) is 7.79. The van der Waals surface area contributed by atoms with Crippen molar-refractivity contribution in [3.05, 3.63) is 35.9 Å². The predicted molar refractivity (Wildman–Crippen MR) is 53.7 cm³/mol. The molecule has 0 unspecified atom stereocenters. The SMILES string of the molecule is C[Si](C)(C)C(F)(F)c1ccccc1. The fourth-order valence-corrected chi connectivity index (χ4v) is 2.11. The number of rotatable bonds is 2. The Balaban J connectivity index is 3.08. The van der Waals surface area contributed by atoms with Crippen LogP contribution in [0.1, 0.15) is 5.56 Å². The summed E-state index contributed by atoms with van der Waals surface area (Å²) < 4.78 is 27.4. The number of benzene rings is 1. The first kappa shape index (κ1) is 10.4. The molecule has 1 aromatic rings. The van der Waals surface area contributed by atoms with E-state index in [4.69, 9.17) is 0 Å². The summed E-state index contributed by atoms with van der Waals surface area (Å²) in [5, 5.41) is 0. The fraction of sp³-hybridized carbons (Fsp3) is 0.400. The van der Waals surface area contributed by atoms with E-state index in [1.807, 2.05) is 0 Å². The van der Waals surface area contributed by atoms with E-state index in [9.17, 15) is 8.78 Å². The summed E-state index contributed by atoms with van der Waals surface area (Å²) in [7, 11) is -2.46. The molecule has 0 radical (unpaired) electrons. The normalized spacial score (nSPS) is 13.0. The lowest BCUT2D eigenvalue weighted by molar-refractivity contribution is 0.0795. The van der Waals surface area contributed by atoms with Crippen molar-refractivity contribution in [2.45, 2.75) is 25.2 Å². The highest BCUT2D eigenvalue weighted by molar-refractivity contribution is 6.78. The van der Waals surface area contributed by atoms with Crippen molar-refractivity contribution in [1.29, 1.82) is 0 Å². The molecular weight excluding hydrogens is 186 g/mol. The van der Waals surface area contributed by atoms with E-state index in [0.717, 1.165) is 0 Å². The van der Waals surface area contributed by atoms with E-state index < -0.39 is 13.6 Å². The van der Waals surface area contributed by atoms with E-state index in [1.54, 1.807) is 37.8 Å². The molecule has 0 heterocycles. The average Bonchev–Trinajstić information content (AvgIpc) is 2.04. The Labute approximate surface area is 78.6 Å². The van der Waals surface area contributed by atoms with Crippen molar-refractivity contribution in [2.24, 2.45) is 0 Å². The van der Waals surface area contributed by atoms with Gasteiger partial charge in [0.05, 0.1) is 0 Å². The van der Waals surface area contributed by atoms with E-state index in [0.29, 0.717) is 0 Å². The highest BCUT2D eigenvalue weighted by atomic mass is 28.3. The summed E-state index contributed by atoms with van der Waals surface area (Å²) in [5.74, 6) is 0. The van der Waals surface area contributed by atoms with E-state index in [-0.39, 0.29) is 5.56 Å². The Bertz CT molecular complexity index is 275. The Morgan fingerprint density at radius 3 is 1.85 bits per heavy atom. The minimum absolute atomic E-state index is 0.147. The van der Waals surface area contributed by atoms with Gasteiger partial charge in [-0.25, -0.2) is 8.78 Å². The number of halogens is 2. The van der Waals surface area contributed by atoms with Crippen molar-refractivity contribution in [3.63, 3.8) is 0 Å². The van der Waals surface area contributed by atoms with Gasteiger partial charge in [-0.1, -0.05) is 50.0 Å². The van der Waals surface area contributed by atoms with Crippen LogP contribution in [0.4, 0.5) is 8.78 Å².